The minimum atomic E-state index is -0.845. The van der Waals surface area contributed by atoms with Crippen molar-refractivity contribution in [1.29, 1.82) is 10.5 Å². The summed E-state index contributed by atoms with van der Waals surface area (Å²) in [6, 6.07) is 13.4. The van der Waals surface area contributed by atoms with Gasteiger partial charge in [-0.15, -0.1) is 0 Å². The van der Waals surface area contributed by atoms with Crippen LogP contribution in [0, 0.1) is 34.0 Å². The van der Waals surface area contributed by atoms with E-state index in [0.717, 1.165) is 24.6 Å². The molecule has 1 unspecified atom stereocenters. The lowest BCUT2D eigenvalue weighted by Gasteiger charge is -2.37. The summed E-state index contributed by atoms with van der Waals surface area (Å²) >= 11 is 1.14. The first-order valence-corrected chi connectivity index (χ1v) is 9.42. The molecule has 1 aliphatic heterocycles. The molecule has 1 atom stereocenters. The SMILES string of the molecule is N#CC1=C(SCC(=O)Nc2ccccc2)NC(=O)C(C#N)C12CCCC2. The van der Waals surface area contributed by atoms with E-state index in [9.17, 15) is 20.1 Å². The number of amides is 2. The Morgan fingerprint density at radius 3 is 2.58 bits per heavy atom. The van der Waals surface area contributed by atoms with Crippen molar-refractivity contribution in [3.63, 3.8) is 0 Å². The summed E-state index contributed by atoms with van der Waals surface area (Å²) in [5, 5.41) is 25.0. The van der Waals surface area contributed by atoms with Crippen LogP contribution in [-0.4, -0.2) is 17.6 Å². The summed E-state index contributed by atoms with van der Waals surface area (Å²) in [7, 11) is 0. The highest BCUT2D eigenvalue weighted by Gasteiger charge is 2.52. The van der Waals surface area contributed by atoms with Crippen molar-refractivity contribution in [3.8, 4) is 12.1 Å². The second-order valence-corrected chi connectivity index (χ2v) is 7.42. The molecule has 1 heterocycles. The van der Waals surface area contributed by atoms with Gasteiger partial charge in [0.1, 0.15) is 5.92 Å². The number of thioether (sulfide) groups is 1. The van der Waals surface area contributed by atoms with Crippen molar-refractivity contribution in [3.05, 3.63) is 40.9 Å². The van der Waals surface area contributed by atoms with E-state index in [2.05, 4.69) is 22.8 Å². The molecule has 0 bridgehead atoms. The number of rotatable bonds is 4. The van der Waals surface area contributed by atoms with Crippen LogP contribution in [0.2, 0.25) is 0 Å². The van der Waals surface area contributed by atoms with Gasteiger partial charge in [-0.2, -0.15) is 10.5 Å². The van der Waals surface area contributed by atoms with Crippen molar-refractivity contribution in [2.75, 3.05) is 11.1 Å². The van der Waals surface area contributed by atoms with Crippen LogP contribution in [-0.2, 0) is 9.59 Å². The highest BCUT2D eigenvalue weighted by Crippen LogP contribution is 2.53. The largest absolute Gasteiger partial charge is 0.325 e. The molecule has 132 valence electrons. The van der Waals surface area contributed by atoms with E-state index in [1.807, 2.05) is 18.2 Å². The molecule has 7 heteroatoms. The van der Waals surface area contributed by atoms with Crippen LogP contribution < -0.4 is 10.6 Å². The number of nitriles is 2. The summed E-state index contributed by atoms with van der Waals surface area (Å²) in [5.74, 6) is -1.37. The molecular weight excluding hydrogens is 348 g/mol. The number of allylic oxidation sites excluding steroid dienone is 1. The van der Waals surface area contributed by atoms with E-state index in [1.54, 1.807) is 12.1 Å². The fourth-order valence-electron chi connectivity index (χ4n) is 3.72. The fourth-order valence-corrected chi connectivity index (χ4v) is 4.63. The van der Waals surface area contributed by atoms with E-state index in [4.69, 9.17) is 0 Å². The quantitative estimate of drug-likeness (QED) is 0.852. The van der Waals surface area contributed by atoms with Gasteiger partial charge in [0, 0.05) is 11.1 Å². The molecule has 26 heavy (non-hydrogen) atoms. The molecule has 2 amide bonds. The Morgan fingerprint density at radius 2 is 1.96 bits per heavy atom. The number of carbonyl (C=O) groups is 2. The third-order valence-electron chi connectivity index (χ3n) is 4.92. The number of hydrogen-bond acceptors (Lipinski definition) is 5. The molecule has 3 rings (SSSR count). The summed E-state index contributed by atoms with van der Waals surface area (Å²) in [5.41, 5.74) is 0.431. The zero-order chi connectivity index (χ0) is 18.6. The zero-order valence-electron chi connectivity index (χ0n) is 14.1. The lowest BCUT2D eigenvalue weighted by atomic mass is 9.67. The van der Waals surface area contributed by atoms with Gasteiger partial charge in [-0.3, -0.25) is 9.59 Å². The smallest absolute Gasteiger partial charge is 0.243 e. The first-order chi connectivity index (χ1) is 12.6. The first kappa shape index (κ1) is 18.0. The van der Waals surface area contributed by atoms with Gasteiger partial charge in [0.15, 0.2) is 0 Å². The monoisotopic (exact) mass is 366 g/mol. The van der Waals surface area contributed by atoms with Gasteiger partial charge < -0.3 is 10.6 Å². The number of nitrogens with zero attached hydrogens (tertiary/aromatic N) is 2. The topological polar surface area (TPSA) is 106 Å². The second-order valence-electron chi connectivity index (χ2n) is 6.43. The number of carbonyl (C=O) groups excluding carboxylic acids is 2. The van der Waals surface area contributed by atoms with Gasteiger partial charge in [0.2, 0.25) is 11.8 Å². The summed E-state index contributed by atoms with van der Waals surface area (Å²) < 4.78 is 0. The maximum absolute atomic E-state index is 12.4. The second kappa shape index (κ2) is 7.63. The van der Waals surface area contributed by atoms with Gasteiger partial charge in [-0.1, -0.05) is 42.8 Å². The van der Waals surface area contributed by atoms with E-state index in [1.165, 1.54) is 0 Å². The third-order valence-corrected chi connectivity index (χ3v) is 5.92. The van der Waals surface area contributed by atoms with E-state index < -0.39 is 11.3 Å². The van der Waals surface area contributed by atoms with Gasteiger partial charge in [-0.25, -0.2) is 0 Å². The van der Waals surface area contributed by atoms with Gasteiger partial charge in [0.25, 0.3) is 0 Å². The summed E-state index contributed by atoms with van der Waals surface area (Å²) in [4.78, 5) is 24.6. The van der Waals surface area contributed by atoms with Crippen LogP contribution in [0.3, 0.4) is 0 Å². The van der Waals surface area contributed by atoms with E-state index >= 15 is 0 Å². The molecule has 0 aromatic heterocycles. The molecule has 1 aliphatic carbocycles. The summed E-state index contributed by atoms with van der Waals surface area (Å²) in [6.45, 7) is 0. The molecule has 1 spiro atoms. The minimum absolute atomic E-state index is 0.0724. The third kappa shape index (κ3) is 3.31. The van der Waals surface area contributed by atoms with Crippen molar-refractivity contribution < 1.29 is 9.59 Å². The fraction of sp³-hybridized carbons (Fsp3) is 0.368. The van der Waals surface area contributed by atoms with Crippen LogP contribution in [0.25, 0.3) is 0 Å². The molecule has 6 nitrogen and oxygen atoms in total. The van der Waals surface area contributed by atoms with E-state index in [0.29, 0.717) is 29.1 Å². The Morgan fingerprint density at radius 1 is 1.27 bits per heavy atom. The van der Waals surface area contributed by atoms with Crippen LogP contribution in [0.1, 0.15) is 25.7 Å². The van der Waals surface area contributed by atoms with Crippen LogP contribution >= 0.6 is 11.8 Å². The highest BCUT2D eigenvalue weighted by atomic mass is 32.2. The van der Waals surface area contributed by atoms with Crippen molar-refractivity contribution in [2.45, 2.75) is 25.7 Å². The molecule has 1 fully saturated rings. The normalized spacial score (nSPS) is 21.0. The Hall–Kier alpha value is -2.77. The lowest BCUT2D eigenvalue weighted by Crippen LogP contribution is -2.46. The Balaban J connectivity index is 1.78. The Bertz CT molecular complexity index is 829. The number of hydrogen-bond donors (Lipinski definition) is 2. The van der Waals surface area contributed by atoms with Crippen molar-refractivity contribution >= 4 is 29.3 Å². The van der Waals surface area contributed by atoms with Gasteiger partial charge in [0.05, 0.1) is 28.5 Å². The molecule has 2 aliphatic rings. The average molecular weight is 366 g/mol. The molecule has 0 radical (unpaired) electrons. The predicted octanol–water partition coefficient (Wildman–Crippen LogP) is 2.92. The molecule has 2 N–H and O–H groups in total. The number of anilines is 1. The maximum Gasteiger partial charge on any atom is 0.243 e. The van der Waals surface area contributed by atoms with Crippen molar-refractivity contribution in [1.82, 2.24) is 5.32 Å². The molecule has 1 saturated carbocycles. The minimum Gasteiger partial charge on any atom is -0.325 e. The standard InChI is InChI=1S/C19H18N4O2S/c20-10-14-17(25)23-18(15(11-21)19(14)8-4-5-9-19)26-12-16(24)22-13-6-2-1-3-7-13/h1-3,6-7,14H,4-5,8-9,12H2,(H,22,24)(H,23,25). The number of nitrogens with one attached hydrogen (secondary N) is 2. The number of benzene rings is 1. The van der Waals surface area contributed by atoms with Crippen molar-refractivity contribution in [2.24, 2.45) is 11.3 Å². The Labute approximate surface area is 156 Å². The molecule has 1 aromatic rings. The molecule has 0 saturated heterocycles. The van der Waals surface area contributed by atoms with Gasteiger partial charge in [-0.05, 0) is 25.0 Å². The first-order valence-electron chi connectivity index (χ1n) is 8.44. The predicted molar refractivity (Wildman–Crippen MR) is 98.3 cm³/mol. The molecular formula is C19H18N4O2S. The zero-order valence-corrected chi connectivity index (χ0v) is 14.9. The van der Waals surface area contributed by atoms with Crippen LogP contribution in [0.5, 0.6) is 0 Å². The van der Waals surface area contributed by atoms with Crippen LogP contribution in [0.4, 0.5) is 5.69 Å². The molecule has 1 aromatic carbocycles. The summed E-state index contributed by atoms with van der Waals surface area (Å²) in [6.07, 6.45) is 3.09. The lowest BCUT2D eigenvalue weighted by molar-refractivity contribution is -0.126. The highest BCUT2D eigenvalue weighted by molar-refractivity contribution is 8.03. The van der Waals surface area contributed by atoms with E-state index in [-0.39, 0.29) is 17.6 Å². The van der Waals surface area contributed by atoms with Crippen LogP contribution in [0.15, 0.2) is 40.9 Å². The van der Waals surface area contributed by atoms with Gasteiger partial charge >= 0.3 is 0 Å². The number of para-hydroxylation sites is 1. The Kier molecular flexibility index (Phi) is 5.29. The maximum atomic E-state index is 12.4. The average Bonchev–Trinajstić information content (AvgIpc) is 3.11.